The third-order valence-corrected chi connectivity index (χ3v) is 3.69. The molecule has 5 nitrogen and oxygen atoms in total. The molecule has 0 bridgehead atoms. The number of methoxy groups -OCH3 is 2. The fourth-order valence-electron chi connectivity index (χ4n) is 2.58. The maximum atomic E-state index is 12.5. The number of amides is 1. The van der Waals surface area contributed by atoms with E-state index in [0.29, 0.717) is 17.1 Å². The van der Waals surface area contributed by atoms with Gasteiger partial charge in [-0.05, 0) is 43.3 Å². The zero-order valence-corrected chi connectivity index (χ0v) is 13.3. The van der Waals surface area contributed by atoms with Gasteiger partial charge in [0, 0.05) is 22.2 Å². The molecule has 0 aliphatic heterocycles. The number of ether oxygens (including phenoxy) is 2. The normalized spacial score (nSPS) is 10.6. The molecule has 0 aliphatic carbocycles. The molecule has 0 fully saturated rings. The number of aryl methyl sites for hydroxylation is 1. The minimum Gasteiger partial charge on any atom is -0.493 e. The van der Waals surface area contributed by atoms with Crippen LogP contribution in [-0.2, 0) is 0 Å². The number of hydrogen-bond donors (Lipinski definition) is 2. The van der Waals surface area contributed by atoms with Gasteiger partial charge < -0.3 is 19.8 Å². The fourth-order valence-corrected chi connectivity index (χ4v) is 2.58. The van der Waals surface area contributed by atoms with Crippen molar-refractivity contribution in [1.82, 2.24) is 4.98 Å². The predicted octanol–water partition coefficient (Wildman–Crippen LogP) is 3.75. The van der Waals surface area contributed by atoms with E-state index in [1.807, 2.05) is 31.2 Å². The van der Waals surface area contributed by atoms with Crippen molar-refractivity contribution in [2.45, 2.75) is 6.92 Å². The molecule has 23 heavy (non-hydrogen) atoms. The van der Waals surface area contributed by atoms with Gasteiger partial charge in [0.15, 0.2) is 11.5 Å². The number of carbonyl (C=O) groups is 1. The summed E-state index contributed by atoms with van der Waals surface area (Å²) in [5.41, 5.74) is 3.32. The second-order valence-corrected chi connectivity index (χ2v) is 5.24. The highest BCUT2D eigenvalue weighted by Crippen LogP contribution is 2.29. The molecule has 0 saturated heterocycles. The van der Waals surface area contributed by atoms with E-state index in [2.05, 4.69) is 10.3 Å². The standard InChI is InChI=1S/C18H18N2O3/c1-11-9-13-14(19-11)5-4-6-15(13)20-18(21)12-7-8-16(22-2)17(10-12)23-3/h4-10,19H,1-3H3,(H,20,21). The Hall–Kier alpha value is -2.95. The van der Waals surface area contributed by atoms with Crippen molar-refractivity contribution in [1.29, 1.82) is 0 Å². The third-order valence-electron chi connectivity index (χ3n) is 3.69. The number of rotatable bonds is 4. The van der Waals surface area contributed by atoms with E-state index < -0.39 is 0 Å². The van der Waals surface area contributed by atoms with Gasteiger partial charge in [0.05, 0.1) is 19.9 Å². The summed E-state index contributed by atoms with van der Waals surface area (Å²) < 4.78 is 10.4. The lowest BCUT2D eigenvalue weighted by atomic mass is 10.1. The monoisotopic (exact) mass is 310 g/mol. The van der Waals surface area contributed by atoms with Crippen LogP contribution in [0.4, 0.5) is 5.69 Å². The molecule has 0 saturated carbocycles. The summed E-state index contributed by atoms with van der Waals surface area (Å²) in [5.74, 6) is 0.917. The van der Waals surface area contributed by atoms with E-state index >= 15 is 0 Å². The van der Waals surface area contributed by atoms with Crippen molar-refractivity contribution < 1.29 is 14.3 Å². The zero-order valence-electron chi connectivity index (χ0n) is 13.3. The van der Waals surface area contributed by atoms with Crippen LogP contribution in [0.2, 0.25) is 0 Å². The van der Waals surface area contributed by atoms with Crippen LogP contribution in [0.3, 0.4) is 0 Å². The second-order valence-electron chi connectivity index (χ2n) is 5.24. The molecule has 3 rings (SSSR count). The summed E-state index contributed by atoms with van der Waals surface area (Å²) in [4.78, 5) is 15.8. The zero-order chi connectivity index (χ0) is 16.4. The summed E-state index contributed by atoms with van der Waals surface area (Å²) >= 11 is 0. The largest absolute Gasteiger partial charge is 0.493 e. The highest BCUT2D eigenvalue weighted by molar-refractivity contribution is 6.09. The van der Waals surface area contributed by atoms with Gasteiger partial charge >= 0.3 is 0 Å². The van der Waals surface area contributed by atoms with E-state index in [9.17, 15) is 4.79 Å². The first-order valence-corrected chi connectivity index (χ1v) is 7.24. The van der Waals surface area contributed by atoms with Gasteiger partial charge in [-0.2, -0.15) is 0 Å². The van der Waals surface area contributed by atoms with Crippen LogP contribution in [0, 0.1) is 6.92 Å². The molecule has 0 aliphatic rings. The molecule has 5 heteroatoms. The molecule has 118 valence electrons. The number of anilines is 1. The maximum Gasteiger partial charge on any atom is 0.255 e. The molecule has 0 unspecified atom stereocenters. The van der Waals surface area contributed by atoms with Crippen molar-refractivity contribution in [2.75, 3.05) is 19.5 Å². The highest BCUT2D eigenvalue weighted by Gasteiger charge is 2.12. The summed E-state index contributed by atoms with van der Waals surface area (Å²) in [6.07, 6.45) is 0. The maximum absolute atomic E-state index is 12.5. The fraction of sp³-hybridized carbons (Fsp3) is 0.167. The van der Waals surface area contributed by atoms with Crippen molar-refractivity contribution in [3.8, 4) is 11.5 Å². The van der Waals surface area contributed by atoms with E-state index in [1.165, 1.54) is 0 Å². The average molecular weight is 310 g/mol. The first-order chi connectivity index (χ1) is 11.1. The third kappa shape index (κ3) is 2.85. The topological polar surface area (TPSA) is 63.3 Å². The van der Waals surface area contributed by atoms with Crippen molar-refractivity contribution in [3.63, 3.8) is 0 Å². The van der Waals surface area contributed by atoms with Crippen LogP contribution in [0.5, 0.6) is 11.5 Å². The highest BCUT2D eigenvalue weighted by atomic mass is 16.5. The Kier molecular flexibility index (Phi) is 3.93. The molecule has 3 aromatic rings. The van der Waals surface area contributed by atoms with Crippen molar-refractivity contribution >= 4 is 22.5 Å². The number of aromatic nitrogens is 1. The molecule has 1 amide bonds. The molecule has 2 N–H and O–H groups in total. The van der Waals surface area contributed by atoms with E-state index in [-0.39, 0.29) is 5.91 Å². The molecule has 1 aromatic heterocycles. The van der Waals surface area contributed by atoms with E-state index in [1.54, 1.807) is 32.4 Å². The molecule has 0 radical (unpaired) electrons. The van der Waals surface area contributed by atoms with Crippen LogP contribution >= 0.6 is 0 Å². The number of nitrogens with one attached hydrogen (secondary N) is 2. The summed E-state index contributed by atoms with van der Waals surface area (Å²) in [5, 5.41) is 3.93. The Bertz CT molecular complexity index is 868. The van der Waals surface area contributed by atoms with Crippen LogP contribution in [0.1, 0.15) is 16.1 Å². The number of benzene rings is 2. The number of H-pyrrole nitrogens is 1. The minimum absolute atomic E-state index is 0.197. The average Bonchev–Trinajstić information content (AvgIpc) is 2.95. The number of hydrogen-bond acceptors (Lipinski definition) is 3. The molecular formula is C18H18N2O3. The smallest absolute Gasteiger partial charge is 0.255 e. The molecule has 1 heterocycles. The van der Waals surface area contributed by atoms with Gasteiger partial charge in [0.1, 0.15) is 0 Å². The summed E-state index contributed by atoms with van der Waals surface area (Å²) in [6, 6.07) is 12.9. The van der Waals surface area contributed by atoms with Gasteiger partial charge in [-0.3, -0.25) is 4.79 Å². The van der Waals surface area contributed by atoms with Gasteiger partial charge in [0.2, 0.25) is 0 Å². The van der Waals surface area contributed by atoms with Crippen LogP contribution in [0.15, 0.2) is 42.5 Å². The SMILES string of the molecule is COc1ccc(C(=O)Nc2cccc3[nH]c(C)cc23)cc1OC. The Labute approximate surface area is 134 Å². The molecule has 0 spiro atoms. The van der Waals surface area contributed by atoms with Crippen LogP contribution in [-0.4, -0.2) is 25.1 Å². The van der Waals surface area contributed by atoms with Crippen molar-refractivity contribution in [2.24, 2.45) is 0 Å². The van der Waals surface area contributed by atoms with Crippen LogP contribution in [0.25, 0.3) is 10.9 Å². The van der Waals surface area contributed by atoms with Gasteiger partial charge in [0.25, 0.3) is 5.91 Å². The first-order valence-electron chi connectivity index (χ1n) is 7.24. The Morgan fingerprint density at radius 1 is 1.04 bits per heavy atom. The molecular weight excluding hydrogens is 292 g/mol. The molecule has 0 atom stereocenters. The van der Waals surface area contributed by atoms with E-state index in [0.717, 1.165) is 22.3 Å². The van der Waals surface area contributed by atoms with Gasteiger partial charge in [-0.25, -0.2) is 0 Å². The van der Waals surface area contributed by atoms with E-state index in [4.69, 9.17) is 9.47 Å². The quantitative estimate of drug-likeness (QED) is 0.771. The number of fused-ring (bicyclic) bond motifs is 1. The predicted molar refractivity (Wildman–Crippen MR) is 90.5 cm³/mol. The minimum atomic E-state index is -0.197. The van der Waals surface area contributed by atoms with Gasteiger partial charge in [-0.15, -0.1) is 0 Å². The first kappa shape index (κ1) is 15.0. The van der Waals surface area contributed by atoms with Crippen LogP contribution < -0.4 is 14.8 Å². The summed E-state index contributed by atoms with van der Waals surface area (Å²) in [7, 11) is 3.11. The Balaban J connectivity index is 1.91. The lowest BCUT2D eigenvalue weighted by Crippen LogP contribution is -2.12. The lowest BCUT2D eigenvalue weighted by Gasteiger charge is -2.10. The number of carbonyl (C=O) groups excluding carboxylic acids is 1. The summed E-state index contributed by atoms with van der Waals surface area (Å²) in [6.45, 7) is 1.99. The van der Waals surface area contributed by atoms with Gasteiger partial charge in [-0.1, -0.05) is 6.07 Å². The second kappa shape index (κ2) is 6.04. The Morgan fingerprint density at radius 2 is 1.83 bits per heavy atom. The Morgan fingerprint density at radius 3 is 2.57 bits per heavy atom. The molecule has 2 aromatic carbocycles. The number of aromatic amines is 1. The van der Waals surface area contributed by atoms with Crippen molar-refractivity contribution in [3.05, 3.63) is 53.7 Å². The lowest BCUT2D eigenvalue weighted by molar-refractivity contribution is 0.102.